The van der Waals surface area contributed by atoms with Gasteiger partial charge >= 0.3 is 0 Å². The molecule has 3 heteroatoms. The summed E-state index contributed by atoms with van der Waals surface area (Å²) in [4.78, 5) is 0. The Morgan fingerprint density at radius 3 is 2.80 bits per heavy atom. The van der Waals surface area contributed by atoms with E-state index in [-0.39, 0.29) is 6.04 Å². The third kappa shape index (κ3) is 1.63. The highest BCUT2D eigenvalue weighted by molar-refractivity contribution is 5.82. The second-order valence-electron chi connectivity index (χ2n) is 3.97. The van der Waals surface area contributed by atoms with Crippen molar-refractivity contribution in [2.24, 2.45) is 5.73 Å². The summed E-state index contributed by atoms with van der Waals surface area (Å²) in [6.07, 6.45) is 0. The first-order chi connectivity index (χ1) is 7.13. The van der Waals surface area contributed by atoms with E-state index < -0.39 is 0 Å². The van der Waals surface area contributed by atoms with E-state index in [9.17, 15) is 0 Å². The molecule has 1 aromatic carbocycles. The molecule has 0 fully saturated rings. The van der Waals surface area contributed by atoms with Gasteiger partial charge in [0.05, 0.1) is 5.52 Å². The Bertz CT molecular complexity index is 483. The van der Waals surface area contributed by atoms with E-state index in [2.05, 4.69) is 37.1 Å². The molecule has 0 bridgehead atoms. The minimum atomic E-state index is 0.0708. The van der Waals surface area contributed by atoms with E-state index >= 15 is 0 Å². The maximum Gasteiger partial charge on any atom is 0.0929 e. The average Bonchev–Trinajstić information content (AvgIpc) is 2.55. The summed E-state index contributed by atoms with van der Waals surface area (Å²) in [5, 5.41) is 5.76. The zero-order valence-electron chi connectivity index (χ0n) is 9.49. The van der Waals surface area contributed by atoms with Crippen molar-refractivity contribution in [3.8, 4) is 0 Å². The summed E-state index contributed by atoms with van der Waals surface area (Å²) < 4.78 is 2.02. The van der Waals surface area contributed by atoms with Crippen LogP contribution in [0.1, 0.15) is 31.1 Å². The Balaban J connectivity index is 2.63. The maximum atomic E-state index is 5.85. The first-order valence-electron chi connectivity index (χ1n) is 5.36. The van der Waals surface area contributed by atoms with Crippen molar-refractivity contribution in [1.29, 1.82) is 0 Å². The van der Waals surface area contributed by atoms with Gasteiger partial charge in [0.2, 0.25) is 0 Å². The Labute approximate surface area is 89.9 Å². The van der Waals surface area contributed by atoms with Gasteiger partial charge in [0.15, 0.2) is 0 Å². The van der Waals surface area contributed by atoms with Crippen molar-refractivity contribution in [3.05, 3.63) is 29.5 Å². The summed E-state index contributed by atoms with van der Waals surface area (Å²) >= 11 is 0. The van der Waals surface area contributed by atoms with Crippen LogP contribution in [0.25, 0.3) is 10.9 Å². The van der Waals surface area contributed by atoms with Crippen molar-refractivity contribution < 1.29 is 0 Å². The Hall–Kier alpha value is -1.35. The lowest BCUT2D eigenvalue weighted by atomic mass is 10.1. The van der Waals surface area contributed by atoms with Gasteiger partial charge in [0, 0.05) is 23.7 Å². The maximum absolute atomic E-state index is 5.85. The summed E-state index contributed by atoms with van der Waals surface area (Å²) in [6, 6.07) is 6.35. The van der Waals surface area contributed by atoms with Gasteiger partial charge in [-0.2, -0.15) is 5.10 Å². The van der Waals surface area contributed by atoms with E-state index in [1.54, 1.807) is 0 Å². The number of hydrogen-bond donors (Lipinski definition) is 1. The van der Waals surface area contributed by atoms with E-state index in [0.717, 1.165) is 17.6 Å². The highest BCUT2D eigenvalue weighted by Gasteiger charge is 2.07. The van der Waals surface area contributed by atoms with Crippen LogP contribution in [0.4, 0.5) is 0 Å². The van der Waals surface area contributed by atoms with Crippen molar-refractivity contribution in [3.63, 3.8) is 0 Å². The van der Waals surface area contributed by atoms with Gasteiger partial charge in [-0.3, -0.25) is 4.68 Å². The third-order valence-corrected chi connectivity index (χ3v) is 2.85. The molecule has 0 aliphatic heterocycles. The fourth-order valence-electron chi connectivity index (χ4n) is 1.87. The minimum absolute atomic E-state index is 0.0708. The van der Waals surface area contributed by atoms with Crippen LogP contribution in [-0.4, -0.2) is 9.78 Å². The van der Waals surface area contributed by atoms with Crippen molar-refractivity contribution in [2.45, 2.75) is 33.4 Å². The number of fused-ring (bicyclic) bond motifs is 1. The molecule has 1 atom stereocenters. The Morgan fingerprint density at radius 2 is 2.20 bits per heavy atom. The van der Waals surface area contributed by atoms with Crippen LogP contribution in [0.5, 0.6) is 0 Å². The number of nitrogens with two attached hydrogens (primary N) is 1. The van der Waals surface area contributed by atoms with Crippen LogP contribution in [0, 0.1) is 6.92 Å². The van der Waals surface area contributed by atoms with Crippen molar-refractivity contribution in [1.82, 2.24) is 9.78 Å². The zero-order valence-corrected chi connectivity index (χ0v) is 9.49. The summed E-state index contributed by atoms with van der Waals surface area (Å²) in [6.45, 7) is 7.11. The van der Waals surface area contributed by atoms with Crippen LogP contribution >= 0.6 is 0 Å². The van der Waals surface area contributed by atoms with Crippen LogP contribution in [0.15, 0.2) is 18.2 Å². The number of aromatic nitrogens is 2. The van der Waals surface area contributed by atoms with E-state index in [1.807, 2.05) is 11.6 Å². The fourth-order valence-corrected chi connectivity index (χ4v) is 1.87. The topological polar surface area (TPSA) is 43.8 Å². The molecule has 2 rings (SSSR count). The van der Waals surface area contributed by atoms with Crippen LogP contribution in [0.2, 0.25) is 0 Å². The van der Waals surface area contributed by atoms with Gasteiger partial charge in [-0.05, 0) is 32.4 Å². The lowest BCUT2D eigenvalue weighted by Gasteiger charge is -2.03. The lowest BCUT2D eigenvalue weighted by Crippen LogP contribution is -2.04. The summed E-state index contributed by atoms with van der Waals surface area (Å²) in [5.41, 5.74) is 9.26. The zero-order chi connectivity index (χ0) is 11.0. The van der Waals surface area contributed by atoms with Gasteiger partial charge in [-0.25, -0.2) is 0 Å². The van der Waals surface area contributed by atoms with E-state index in [0.29, 0.717) is 0 Å². The number of rotatable bonds is 2. The standard InChI is InChI=1S/C12H17N3/c1-4-15-9(3)11-6-5-10(8(2)13)7-12(11)14-15/h5-8H,4,13H2,1-3H3. The molecule has 1 unspecified atom stereocenters. The Morgan fingerprint density at radius 1 is 1.47 bits per heavy atom. The largest absolute Gasteiger partial charge is 0.324 e. The quantitative estimate of drug-likeness (QED) is 0.814. The molecule has 1 aromatic heterocycles. The molecule has 0 amide bonds. The SMILES string of the molecule is CCn1nc2cc(C(C)N)ccc2c1C. The predicted octanol–water partition coefficient (Wildman–Crippen LogP) is 2.38. The number of hydrogen-bond acceptors (Lipinski definition) is 2. The molecule has 0 aliphatic rings. The number of nitrogens with zero attached hydrogens (tertiary/aromatic N) is 2. The molecule has 2 aromatic rings. The average molecular weight is 203 g/mol. The molecule has 0 saturated heterocycles. The molecule has 0 saturated carbocycles. The predicted molar refractivity (Wildman–Crippen MR) is 62.7 cm³/mol. The highest BCUT2D eigenvalue weighted by Crippen LogP contribution is 2.21. The lowest BCUT2D eigenvalue weighted by molar-refractivity contribution is 0.647. The minimum Gasteiger partial charge on any atom is -0.324 e. The molecule has 2 N–H and O–H groups in total. The smallest absolute Gasteiger partial charge is 0.0929 e. The number of benzene rings is 1. The number of aryl methyl sites for hydroxylation is 2. The van der Waals surface area contributed by atoms with Crippen LogP contribution in [0.3, 0.4) is 0 Å². The molecule has 0 aliphatic carbocycles. The molecule has 0 radical (unpaired) electrons. The van der Waals surface area contributed by atoms with E-state index in [4.69, 9.17) is 5.73 Å². The van der Waals surface area contributed by atoms with E-state index in [1.165, 1.54) is 11.1 Å². The third-order valence-electron chi connectivity index (χ3n) is 2.85. The van der Waals surface area contributed by atoms with Crippen LogP contribution < -0.4 is 5.73 Å². The molecule has 0 spiro atoms. The highest BCUT2D eigenvalue weighted by atomic mass is 15.3. The first kappa shape index (κ1) is 10.2. The molecule has 3 nitrogen and oxygen atoms in total. The summed E-state index contributed by atoms with van der Waals surface area (Å²) in [7, 11) is 0. The van der Waals surface area contributed by atoms with Gasteiger partial charge in [0.1, 0.15) is 0 Å². The van der Waals surface area contributed by atoms with Gasteiger partial charge < -0.3 is 5.73 Å². The molecular formula is C12H17N3. The normalized spacial score (nSPS) is 13.3. The molecular weight excluding hydrogens is 186 g/mol. The Kier molecular flexibility index (Phi) is 2.49. The first-order valence-corrected chi connectivity index (χ1v) is 5.36. The summed E-state index contributed by atoms with van der Waals surface area (Å²) in [5.74, 6) is 0. The van der Waals surface area contributed by atoms with Gasteiger partial charge in [-0.15, -0.1) is 0 Å². The second-order valence-corrected chi connectivity index (χ2v) is 3.97. The van der Waals surface area contributed by atoms with Gasteiger partial charge in [-0.1, -0.05) is 12.1 Å². The monoisotopic (exact) mass is 203 g/mol. The second kappa shape index (κ2) is 3.66. The fraction of sp³-hybridized carbons (Fsp3) is 0.417. The van der Waals surface area contributed by atoms with Crippen molar-refractivity contribution in [2.75, 3.05) is 0 Å². The van der Waals surface area contributed by atoms with Crippen molar-refractivity contribution >= 4 is 10.9 Å². The van der Waals surface area contributed by atoms with Crippen LogP contribution in [-0.2, 0) is 6.54 Å². The molecule has 1 heterocycles. The molecule has 15 heavy (non-hydrogen) atoms. The molecule has 80 valence electrons. The van der Waals surface area contributed by atoms with Gasteiger partial charge in [0.25, 0.3) is 0 Å².